The van der Waals surface area contributed by atoms with E-state index in [9.17, 15) is 4.79 Å². The van der Waals surface area contributed by atoms with Crippen LogP contribution in [0.1, 0.15) is 5.69 Å². The van der Waals surface area contributed by atoms with E-state index in [2.05, 4.69) is 15.1 Å². The molecule has 0 aliphatic heterocycles. The number of aryl methyl sites for hydroxylation is 1. The fraction of sp³-hybridized carbons (Fsp3) is 0.0833. The molecule has 7 heteroatoms. The van der Waals surface area contributed by atoms with Crippen molar-refractivity contribution < 1.29 is 0 Å². The van der Waals surface area contributed by atoms with Crippen molar-refractivity contribution in [2.24, 2.45) is 0 Å². The molecule has 0 spiro atoms. The molecular weight excluding hydrogens is 266 g/mol. The number of anilines is 1. The Morgan fingerprint density at radius 2 is 2.21 bits per heavy atom. The van der Waals surface area contributed by atoms with Crippen molar-refractivity contribution in [3.63, 3.8) is 0 Å². The maximum Gasteiger partial charge on any atom is 0.258 e. The Labute approximate surface area is 112 Å². The number of fused-ring (bicyclic) bond motifs is 1. The number of H-pyrrole nitrogens is 1. The normalized spacial score (nSPS) is 11.1. The van der Waals surface area contributed by atoms with Gasteiger partial charge in [-0.3, -0.25) is 4.79 Å². The van der Waals surface area contributed by atoms with Gasteiger partial charge in [0.25, 0.3) is 5.56 Å². The van der Waals surface area contributed by atoms with Gasteiger partial charge in [0, 0.05) is 6.20 Å². The zero-order chi connectivity index (χ0) is 13.6. The molecule has 6 nitrogen and oxygen atoms in total. The second-order valence-corrected chi connectivity index (χ2v) is 4.57. The van der Waals surface area contributed by atoms with Crippen LogP contribution in [0.25, 0.3) is 16.6 Å². The SMILES string of the molecule is Cc1nn(-c2cc3nc[nH]c(=O)c3cc2N)cc1Cl. The Morgan fingerprint density at radius 3 is 2.89 bits per heavy atom. The molecule has 1 aromatic carbocycles. The molecule has 2 heterocycles. The summed E-state index contributed by atoms with van der Waals surface area (Å²) in [6.45, 7) is 1.80. The molecule has 0 aliphatic rings. The number of halogens is 1. The first kappa shape index (κ1) is 11.7. The van der Waals surface area contributed by atoms with Crippen LogP contribution >= 0.6 is 11.6 Å². The monoisotopic (exact) mass is 275 g/mol. The van der Waals surface area contributed by atoms with Crippen LogP contribution in [0.15, 0.2) is 29.5 Å². The topological polar surface area (TPSA) is 89.6 Å². The van der Waals surface area contributed by atoms with Crippen LogP contribution in [0, 0.1) is 6.92 Å². The minimum absolute atomic E-state index is 0.224. The third kappa shape index (κ3) is 1.86. The quantitative estimate of drug-likeness (QED) is 0.661. The van der Waals surface area contributed by atoms with Gasteiger partial charge in [-0.15, -0.1) is 0 Å². The van der Waals surface area contributed by atoms with E-state index >= 15 is 0 Å². The highest BCUT2D eigenvalue weighted by atomic mass is 35.5. The van der Waals surface area contributed by atoms with Crippen molar-refractivity contribution in [3.05, 3.63) is 45.7 Å². The van der Waals surface area contributed by atoms with Crippen molar-refractivity contribution >= 4 is 28.2 Å². The second kappa shape index (κ2) is 4.10. The van der Waals surface area contributed by atoms with E-state index in [0.29, 0.717) is 33.0 Å². The maximum absolute atomic E-state index is 11.6. The summed E-state index contributed by atoms with van der Waals surface area (Å²) in [6, 6.07) is 3.30. The number of nitrogen functional groups attached to an aromatic ring is 1. The van der Waals surface area contributed by atoms with Crippen LogP contribution in [0.4, 0.5) is 5.69 Å². The first-order valence-electron chi connectivity index (χ1n) is 5.55. The van der Waals surface area contributed by atoms with E-state index in [0.717, 1.165) is 0 Å². The van der Waals surface area contributed by atoms with Crippen molar-refractivity contribution in [2.75, 3.05) is 5.73 Å². The van der Waals surface area contributed by atoms with E-state index in [4.69, 9.17) is 17.3 Å². The standard InChI is InChI=1S/C12H10ClN5O/c1-6-8(13)4-18(17-6)11-3-10-7(2-9(11)14)12(19)16-5-15-10/h2-5H,14H2,1H3,(H,15,16,19). The summed E-state index contributed by atoms with van der Waals surface area (Å²) in [4.78, 5) is 18.3. The van der Waals surface area contributed by atoms with Gasteiger partial charge < -0.3 is 10.7 Å². The first-order chi connectivity index (χ1) is 9.06. The van der Waals surface area contributed by atoms with E-state index in [1.165, 1.54) is 6.33 Å². The molecular formula is C12H10ClN5O. The highest BCUT2D eigenvalue weighted by Crippen LogP contribution is 2.23. The van der Waals surface area contributed by atoms with Gasteiger partial charge in [-0.25, -0.2) is 9.67 Å². The number of aromatic amines is 1. The van der Waals surface area contributed by atoms with Gasteiger partial charge in [0.1, 0.15) is 0 Å². The summed E-state index contributed by atoms with van der Waals surface area (Å²) >= 11 is 5.98. The van der Waals surface area contributed by atoms with E-state index in [1.54, 1.807) is 29.9 Å². The number of nitrogens with one attached hydrogen (secondary N) is 1. The van der Waals surface area contributed by atoms with Crippen LogP contribution in [-0.4, -0.2) is 19.7 Å². The first-order valence-corrected chi connectivity index (χ1v) is 5.93. The molecule has 0 fully saturated rings. The Morgan fingerprint density at radius 1 is 1.42 bits per heavy atom. The minimum atomic E-state index is -0.224. The van der Waals surface area contributed by atoms with Crippen molar-refractivity contribution in [1.82, 2.24) is 19.7 Å². The molecule has 0 atom stereocenters. The zero-order valence-corrected chi connectivity index (χ0v) is 10.8. The molecule has 2 aromatic heterocycles. The highest BCUT2D eigenvalue weighted by molar-refractivity contribution is 6.31. The average Bonchev–Trinajstić information content (AvgIpc) is 2.70. The number of benzene rings is 1. The van der Waals surface area contributed by atoms with Crippen LogP contribution in [0.3, 0.4) is 0 Å². The Hall–Kier alpha value is -2.34. The maximum atomic E-state index is 11.6. The van der Waals surface area contributed by atoms with E-state index in [-0.39, 0.29) is 5.56 Å². The van der Waals surface area contributed by atoms with Gasteiger partial charge in [-0.2, -0.15) is 5.10 Å². The third-order valence-corrected chi connectivity index (χ3v) is 3.25. The lowest BCUT2D eigenvalue weighted by Crippen LogP contribution is -2.08. The average molecular weight is 276 g/mol. The van der Waals surface area contributed by atoms with Gasteiger partial charge >= 0.3 is 0 Å². The van der Waals surface area contributed by atoms with Crippen molar-refractivity contribution in [2.45, 2.75) is 6.92 Å². The van der Waals surface area contributed by atoms with Gasteiger partial charge in [-0.1, -0.05) is 11.6 Å². The number of hydrogen-bond donors (Lipinski definition) is 2. The van der Waals surface area contributed by atoms with E-state index < -0.39 is 0 Å². The fourth-order valence-electron chi connectivity index (χ4n) is 1.88. The Kier molecular flexibility index (Phi) is 2.53. The van der Waals surface area contributed by atoms with Gasteiger partial charge in [-0.05, 0) is 19.1 Å². The molecule has 19 heavy (non-hydrogen) atoms. The summed E-state index contributed by atoms with van der Waals surface area (Å²) < 4.78 is 1.58. The molecule has 0 radical (unpaired) electrons. The molecule has 96 valence electrons. The summed E-state index contributed by atoms with van der Waals surface area (Å²) in [5.41, 5.74) is 8.07. The smallest absolute Gasteiger partial charge is 0.258 e. The predicted octanol–water partition coefficient (Wildman–Crippen LogP) is 1.65. The lowest BCUT2D eigenvalue weighted by molar-refractivity contribution is 0.865. The van der Waals surface area contributed by atoms with Crippen LogP contribution in [-0.2, 0) is 0 Å². The van der Waals surface area contributed by atoms with Crippen LogP contribution in [0.2, 0.25) is 5.02 Å². The minimum Gasteiger partial charge on any atom is -0.397 e. The summed E-state index contributed by atoms with van der Waals surface area (Å²) in [7, 11) is 0. The van der Waals surface area contributed by atoms with Crippen molar-refractivity contribution in [3.8, 4) is 5.69 Å². The number of aromatic nitrogens is 4. The summed E-state index contributed by atoms with van der Waals surface area (Å²) in [5.74, 6) is 0. The molecule has 3 aromatic rings. The fourth-order valence-corrected chi connectivity index (χ4v) is 2.01. The Bertz CT molecular complexity index is 816. The van der Waals surface area contributed by atoms with Crippen LogP contribution < -0.4 is 11.3 Å². The van der Waals surface area contributed by atoms with Crippen LogP contribution in [0.5, 0.6) is 0 Å². The third-order valence-electron chi connectivity index (χ3n) is 2.87. The van der Waals surface area contributed by atoms with Gasteiger partial charge in [0.15, 0.2) is 0 Å². The molecule has 3 rings (SSSR count). The summed E-state index contributed by atoms with van der Waals surface area (Å²) in [5, 5.41) is 5.26. The highest BCUT2D eigenvalue weighted by Gasteiger charge is 2.10. The molecule has 0 unspecified atom stereocenters. The lowest BCUT2D eigenvalue weighted by atomic mass is 10.2. The molecule has 0 saturated carbocycles. The number of nitrogens with two attached hydrogens (primary N) is 1. The number of hydrogen-bond acceptors (Lipinski definition) is 4. The zero-order valence-electron chi connectivity index (χ0n) is 10.0. The van der Waals surface area contributed by atoms with Gasteiger partial charge in [0.2, 0.25) is 0 Å². The number of nitrogens with zero attached hydrogens (tertiary/aromatic N) is 3. The predicted molar refractivity (Wildman–Crippen MR) is 73.6 cm³/mol. The number of rotatable bonds is 1. The Balaban J connectivity index is 2.30. The molecule has 0 amide bonds. The lowest BCUT2D eigenvalue weighted by Gasteiger charge is -2.06. The summed E-state index contributed by atoms with van der Waals surface area (Å²) in [6.07, 6.45) is 3.02. The largest absolute Gasteiger partial charge is 0.397 e. The molecule has 0 saturated heterocycles. The van der Waals surface area contributed by atoms with Crippen molar-refractivity contribution in [1.29, 1.82) is 0 Å². The van der Waals surface area contributed by atoms with E-state index in [1.807, 2.05) is 0 Å². The molecule has 0 aliphatic carbocycles. The second-order valence-electron chi connectivity index (χ2n) is 4.17. The molecule has 0 bridgehead atoms. The molecule has 3 N–H and O–H groups in total. The van der Waals surface area contributed by atoms with Gasteiger partial charge in [0.05, 0.1) is 39.3 Å².